The molecule has 0 saturated carbocycles. The fourth-order valence-corrected chi connectivity index (χ4v) is 2.08. The number of anilines is 1. The molecule has 5 heteroatoms. The molecule has 1 N–H and O–H groups in total. The quantitative estimate of drug-likeness (QED) is 0.791. The Balaban J connectivity index is 1.82. The third-order valence-corrected chi connectivity index (χ3v) is 3.27. The van der Waals surface area contributed by atoms with E-state index in [-0.39, 0.29) is 5.82 Å². The minimum absolute atomic E-state index is 0.212. The molecule has 3 aromatic rings. The Kier molecular flexibility index (Phi) is 3.64. The Labute approximate surface area is 121 Å². The molecule has 0 unspecified atom stereocenters. The molecular formula is C16H14FN3O. The van der Waals surface area contributed by atoms with Crippen LogP contribution < -0.4 is 5.32 Å². The van der Waals surface area contributed by atoms with Crippen molar-refractivity contribution >= 4 is 5.69 Å². The van der Waals surface area contributed by atoms with Gasteiger partial charge in [-0.3, -0.25) is 0 Å². The molecule has 1 aromatic heterocycles. The van der Waals surface area contributed by atoms with Crippen molar-refractivity contribution < 1.29 is 8.81 Å². The second-order valence-corrected chi connectivity index (χ2v) is 4.72. The Bertz CT molecular complexity index is 741. The van der Waals surface area contributed by atoms with E-state index < -0.39 is 0 Å². The molecule has 0 aliphatic rings. The third kappa shape index (κ3) is 2.91. The van der Waals surface area contributed by atoms with Crippen LogP contribution in [0.25, 0.3) is 11.5 Å². The minimum atomic E-state index is -0.212. The van der Waals surface area contributed by atoms with E-state index in [0.717, 1.165) is 16.8 Å². The van der Waals surface area contributed by atoms with Gasteiger partial charge in [-0.15, -0.1) is 10.2 Å². The maximum absolute atomic E-state index is 13.6. The molecule has 0 spiro atoms. The van der Waals surface area contributed by atoms with Crippen LogP contribution in [0.4, 0.5) is 10.1 Å². The van der Waals surface area contributed by atoms with Gasteiger partial charge in [0.2, 0.25) is 12.3 Å². The standard InChI is InChI=1S/C16H14FN3O/c1-11-6-7-12(16-20-19-10-21-16)8-15(11)18-9-13-4-2-3-5-14(13)17/h2-8,10,18H,9H2,1H3. The largest absolute Gasteiger partial charge is 0.423 e. The van der Waals surface area contributed by atoms with Crippen LogP contribution in [0.5, 0.6) is 0 Å². The van der Waals surface area contributed by atoms with Crippen molar-refractivity contribution in [3.63, 3.8) is 0 Å². The molecular weight excluding hydrogens is 269 g/mol. The Morgan fingerprint density at radius 2 is 2.05 bits per heavy atom. The van der Waals surface area contributed by atoms with Crippen LogP contribution in [0, 0.1) is 12.7 Å². The molecule has 21 heavy (non-hydrogen) atoms. The average Bonchev–Trinajstić information content (AvgIpc) is 3.02. The van der Waals surface area contributed by atoms with E-state index in [0.29, 0.717) is 18.0 Å². The first-order valence-corrected chi connectivity index (χ1v) is 6.58. The summed E-state index contributed by atoms with van der Waals surface area (Å²) in [5, 5.41) is 10.8. The lowest BCUT2D eigenvalue weighted by Gasteiger charge is -2.11. The Morgan fingerprint density at radius 1 is 1.19 bits per heavy atom. The Hall–Kier alpha value is -2.69. The first kappa shape index (κ1) is 13.3. The summed E-state index contributed by atoms with van der Waals surface area (Å²) in [7, 11) is 0. The molecule has 0 bridgehead atoms. The van der Waals surface area contributed by atoms with Crippen molar-refractivity contribution in [3.8, 4) is 11.5 Å². The molecule has 0 amide bonds. The van der Waals surface area contributed by atoms with Crippen molar-refractivity contribution in [2.24, 2.45) is 0 Å². The second-order valence-electron chi connectivity index (χ2n) is 4.72. The molecule has 4 nitrogen and oxygen atoms in total. The molecule has 0 aliphatic carbocycles. The van der Waals surface area contributed by atoms with Gasteiger partial charge in [0.15, 0.2) is 0 Å². The predicted molar refractivity (Wildman–Crippen MR) is 78.2 cm³/mol. The van der Waals surface area contributed by atoms with Crippen LogP contribution in [0.3, 0.4) is 0 Å². The van der Waals surface area contributed by atoms with E-state index in [2.05, 4.69) is 15.5 Å². The highest BCUT2D eigenvalue weighted by molar-refractivity contribution is 5.64. The van der Waals surface area contributed by atoms with Gasteiger partial charge in [0.1, 0.15) is 5.82 Å². The maximum atomic E-state index is 13.6. The van der Waals surface area contributed by atoms with Crippen molar-refractivity contribution in [2.75, 3.05) is 5.32 Å². The fraction of sp³-hybridized carbons (Fsp3) is 0.125. The molecule has 0 aliphatic heterocycles. The van der Waals surface area contributed by atoms with Gasteiger partial charge in [0, 0.05) is 23.4 Å². The topological polar surface area (TPSA) is 51.0 Å². The van der Waals surface area contributed by atoms with E-state index in [1.54, 1.807) is 12.1 Å². The zero-order valence-corrected chi connectivity index (χ0v) is 11.5. The van der Waals surface area contributed by atoms with E-state index >= 15 is 0 Å². The van der Waals surface area contributed by atoms with Gasteiger partial charge in [-0.2, -0.15) is 0 Å². The van der Waals surface area contributed by atoms with E-state index in [1.807, 2.05) is 31.2 Å². The van der Waals surface area contributed by atoms with Crippen molar-refractivity contribution in [2.45, 2.75) is 13.5 Å². The van der Waals surface area contributed by atoms with E-state index in [9.17, 15) is 4.39 Å². The smallest absolute Gasteiger partial charge is 0.247 e. The lowest BCUT2D eigenvalue weighted by molar-refractivity contribution is 0.568. The van der Waals surface area contributed by atoms with Crippen LogP contribution in [0.2, 0.25) is 0 Å². The summed E-state index contributed by atoms with van der Waals surface area (Å²) in [4.78, 5) is 0. The Morgan fingerprint density at radius 3 is 2.81 bits per heavy atom. The molecule has 0 fully saturated rings. The summed E-state index contributed by atoms with van der Waals surface area (Å²) in [6.45, 7) is 2.40. The highest BCUT2D eigenvalue weighted by atomic mass is 19.1. The first-order chi connectivity index (χ1) is 10.2. The summed E-state index contributed by atoms with van der Waals surface area (Å²) >= 11 is 0. The van der Waals surface area contributed by atoms with Crippen molar-refractivity contribution in [1.82, 2.24) is 10.2 Å². The van der Waals surface area contributed by atoms with Gasteiger partial charge < -0.3 is 9.73 Å². The van der Waals surface area contributed by atoms with E-state index in [4.69, 9.17) is 4.42 Å². The summed E-state index contributed by atoms with van der Waals surface area (Å²) in [5.41, 5.74) is 3.43. The number of aromatic nitrogens is 2. The van der Waals surface area contributed by atoms with Gasteiger partial charge in [0.25, 0.3) is 0 Å². The lowest BCUT2D eigenvalue weighted by Crippen LogP contribution is -2.03. The van der Waals surface area contributed by atoms with Crippen LogP contribution in [0.1, 0.15) is 11.1 Å². The van der Waals surface area contributed by atoms with Gasteiger partial charge in [0.05, 0.1) is 0 Å². The zero-order chi connectivity index (χ0) is 14.7. The SMILES string of the molecule is Cc1ccc(-c2nnco2)cc1NCc1ccccc1F. The number of aryl methyl sites for hydroxylation is 1. The molecule has 106 valence electrons. The van der Waals surface area contributed by atoms with Crippen LogP contribution in [-0.2, 0) is 6.54 Å². The summed E-state index contributed by atoms with van der Waals surface area (Å²) in [5.74, 6) is 0.250. The molecule has 0 atom stereocenters. The summed E-state index contributed by atoms with van der Waals surface area (Å²) in [6, 6.07) is 12.5. The number of hydrogen-bond donors (Lipinski definition) is 1. The van der Waals surface area contributed by atoms with Crippen LogP contribution >= 0.6 is 0 Å². The van der Waals surface area contributed by atoms with Gasteiger partial charge >= 0.3 is 0 Å². The summed E-state index contributed by atoms with van der Waals surface area (Å²) in [6.07, 6.45) is 1.29. The lowest BCUT2D eigenvalue weighted by atomic mass is 10.1. The number of hydrogen-bond acceptors (Lipinski definition) is 4. The third-order valence-electron chi connectivity index (χ3n) is 3.27. The zero-order valence-electron chi connectivity index (χ0n) is 11.5. The molecule has 0 saturated heterocycles. The fourth-order valence-electron chi connectivity index (χ4n) is 2.08. The van der Waals surface area contributed by atoms with Gasteiger partial charge in [-0.25, -0.2) is 4.39 Å². The second kappa shape index (κ2) is 5.75. The molecule has 0 radical (unpaired) electrons. The van der Waals surface area contributed by atoms with Crippen molar-refractivity contribution in [1.29, 1.82) is 0 Å². The monoisotopic (exact) mass is 283 g/mol. The predicted octanol–water partition coefficient (Wildman–Crippen LogP) is 3.80. The highest BCUT2D eigenvalue weighted by Crippen LogP contribution is 2.24. The number of nitrogens with one attached hydrogen (secondary N) is 1. The maximum Gasteiger partial charge on any atom is 0.247 e. The number of nitrogens with zero attached hydrogens (tertiary/aromatic N) is 2. The van der Waals surface area contributed by atoms with Gasteiger partial charge in [-0.05, 0) is 30.7 Å². The van der Waals surface area contributed by atoms with E-state index in [1.165, 1.54) is 12.5 Å². The summed E-state index contributed by atoms with van der Waals surface area (Å²) < 4.78 is 18.8. The number of benzene rings is 2. The molecule has 1 heterocycles. The normalized spacial score (nSPS) is 10.6. The first-order valence-electron chi connectivity index (χ1n) is 6.58. The average molecular weight is 283 g/mol. The van der Waals surface area contributed by atoms with Gasteiger partial charge in [-0.1, -0.05) is 24.3 Å². The minimum Gasteiger partial charge on any atom is -0.423 e. The number of halogens is 1. The van der Waals surface area contributed by atoms with Crippen LogP contribution in [-0.4, -0.2) is 10.2 Å². The molecule has 3 rings (SSSR count). The molecule has 2 aromatic carbocycles. The van der Waals surface area contributed by atoms with Crippen LogP contribution in [0.15, 0.2) is 53.3 Å². The van der Waals surface area contributed by atoms with Crippen molar-refractivity contribution in [3.05, 3.63) is 65.8 Å². The highest BCUT2D eigenvalue weighted by Gasteiger charge is 2.07. The number of rotatable bonds is 4.